The van der Waals surface area contributed by atoms with Gasteiger partial charge in [0.15, 0.2) is 5.16 Å². The lowest BCUT2D eigenvalue weighted by Crippen LogP contribution is -2.19. The fourth-order valence-electron chi connectivity index (χ4n) is 2.23. The predicted molar refractivity (Wildman–Crippen MR) is 99.1 cm³/mol. The summed E-state index contributed by atoms with van der Waals surface area (Å²) in [6.07, 6.45) is 2.09. The fraction of sp³-hybridized carbons (Fsp3) is 0.412. The third-order valence-electron chi connectivity index (χ3n) is 3.73. The zero-order chi connectivity index (χ0) is 17.0. The lowest BCUT2D eigenvalue weighted by molar-refractivity contribution is 0.823. The van der Waals surface area contributed by atoms with Crippen molar-refractivity contribution in [2.24, 2.45) is 0 Å². The summed E-state index contributed by atoms with van der Waals surface area (Å²) in [5, 5.41) is 2.23. The zero-order valence-corrected chi connectivity index (χ0v) is 15.8. The van der Waals surface area contributed by atoms with Crippen molar-refractivity contribution < 1.29 is 0 Å². The van der Waals surface area contributed by atoms with E-state index >= 15 is 0 Å². The molecule has 1 aromatic carbocycles. The molecule has 1 heterocycles. The Morgan fingerprint density at radius 3 is 2.43 bits per heavy atom. The van der Waals surface area contributed by atoms with Crippen molar-refractivity contribution in [3.63, 3.8) is 0 Å². The summed E-state index contributed by atoms with van der Waals surface area (Å²) < 4.78 is 0. The standard InChI is InChI=1S/C17H20Cl2N2OS/c1-4-10(3)23-17-20-15(11(5-2)16(22)21-17)9-12-13(18)7-6-8-14(12)19/h6-8,10H,4-5,9H2,1-3H3,(H,20,21,22). The van der Waals surface area contributed by atoms with Crippen LogP contribution in [0.3, 0.4) is 0 Å². The number of halogens is 2. The van der Waals surface area contributed by atoms with E-state index in [9.17, 15) is 4.79 Å². The number of rotatable bonds is 6. The van der Waals surface area contributed by atoms with Gasteiger partial charge in [-0.1, -0.05) is 61.8 Å². The third-order valence-corrected chi connectivity index (χ3v) is 5.59. The molecule has 6 heteroatoms. The van der Waals surface area contributed by atoms with E-state index in [0.29, 0.717) is 38.9 Å². The van der Waals surface area contributed by atoms with Crippen molar-refractivity contribution in [3.05, 3.63) is 55.4 Å². The highest BCUT2D eigenvalue weighted by molar-refractivity contribution is 7.99. The Labute approximate surface area is 150 Å². The number of aromatic nitrogens is 2. The number of thioether (sulfide) groups is 1. The molecule has 0 aliphatic heterocycles. The normalized spacial score (nSPS) is 12.4. The molecule has 0 amide bonds. The molecule has 2 aromatic rings. The number of aromatic amines is 1. The Balaban J connectivity index is 2.45. The Hall–Kier alpha value is -0.970. The van der Waals surface area contributed by atoms with Crippen LogP contribution in [0.25, 0.3) is 0 Å². The first-order chi connectivity index (χ1) is 11.0. The van der Waals surface area contributed by atoms with Gasteiger partial charge in [0.05, 0.1) is 5.69 Å². The number of hydrogen-bond donors (Lipinski definition) is 1. The average molecular weight is 371 g/mol. The quantitative estimate of drug-likeness (QED) is 0.566. The number of benzene rings is 1. The largest absolute Gasteiger partial charge is 0.301 e. The van der Waals surface area contributed by atoms with Crippen LogP contribution < -0.4 is 5.56 Å². The van der Waals surface area contributed by atoms with Gasteiger partial charge < -0.3 is 4.98 Å². The number of H-pyrrole nitrogens is 1. The van der Waals surface area contributed by atoms with Crippen LogP contribution in [0.5, 0.6) is 0 Å². The smallest absolute Gasteiger partial charge is 0.254 e. The molecule has 23 heavy (non-hydrogen) atoms. The average Bonchev–Trinajstić information content (AvgIpc) is 2.50. The first-order valence-electron chi connectivity index (χ1n) is 7.67. The summed E-state index contributed by atoms with van der Waals surface area (Å²) in [6, 6.07) is 5.41. The maximum Gasteiger partial charge on any atom is 0.254 e. The Bertz CT molecular complexity index is 726. The molecule has 0 aliphatic carbocycles. The van der Waals surface area contributed by atoms with E-state index in [1.54, 1.807) is 23.9 Å². The van der Waals surface area contributed by atoms with Crippen LogP contribution in [-0.4, -0.2) is 15.2 Å². The van der Waals surface area contributed by atoms with E-state index in [-0.39, 0.29) is 5.56 Å². The van der Waals surface area contributed by atoms with E-state index in [4.69, 9.17) is 23.2 Å². The first-order valence-corrected chi connectivity index (χ1v) is 9.31. The van der Waals surface area contributed by atoms with Gasteiger partial charge in [0.1, 0.15) is 0 Å². The summed E-state index contributed by atoms with van der Waals surface area (Å²) in [6.45, 7) is 6.18. The second-order valence-electron chi connectivity index (χ2n) is 5.36. The molecule has 0 aliphatic rings. The van der Waals surface area contributed by atoms with E-state index in [0.717, 1.165) is 17.7 Å². The van der Waals surface area contributed by atoms with Crippen molar-refractivity contribution in [2.45, 2.75) is 50.4 Å². The van der Waals surface area contributed by atoms with Crippen LogP contribution >= 0.6 is 35.0 Å². The van der Waals surface area contributed by atoms with Crippen molar-refractivity contribution in [1.29, 1.82) is 0 Å². The van der Waals surface area contributed by atoms with Gasteiger partial charge in [0, 0.05) is 27.3 Å². The van der Waals surface area contributed by atoms with Crippen LogP contribution in [0.2, 0.25) is 10.0 Å². The summed E-state index contributed by atoms with van der Waals surface area (Å²) in [4.78, 5) is 19.9. The Morgan fingerprint density at radius 1 is 1.22 bits per heavy atom. The van der Waals surface area contributed by atoms with Crippen molar-refractivity contribution >= 4 is 35.0 Å². The van der Waals surface area contributed by atoms with Crippen molar-refractivity contribution in [2.75, 3.05) is 0 Å². The summed E-state index contributed by atoms with van der Waals surface area (Å²) >= 11 is 14.1. The summed E-state index contributed by atoms with van der Waals surface area (Å²) in [5.74, 6) is 0. The van der Waals surface area contributed by atoms with Gasteiger partial charge in [0.25, 0.3) is 5.56 Å². The number of nitrogens with zero attached hydrogens (tertiary/aromatic N) is 1. The first kappa shape index (κ1) is 18.4. The van der Waals surface area contributed by atoms with Gasteiger partial charge in [0.2, 0.25) is 0 Å². The van der Waals surface area contributed by atoms with Crippen molar-refractivity contribution in [1.82, 2.24) is 9.97 Å². The molecule has 124 valence electrons. The molecule has 1 atom stereocenters. The predicted octanol–water partition coefficient (Wildman–Crippen LogP) is 5.12. The van der Waals surface area contributed by atoms with Crippen LogP contribution in [0.15, 0.2) is 28.2 Å². The minimum absolute atomic E-state index is 0.0773. The van der Waals surface area contributed by atoms with Crippen molar-refractivity contribution in [3.8, 4) is 0 Å². The molecule has 1 unspecified atom stereocenters. The summed E-state index contributed by atoms with van der Waals surface area (Å²) in [5.41, 5.74) is 2.17. The van der Waals surface area contributed by atoms with E-state index in [2.05, 4.69) is 23.8 Å². The maximum absolute atomic E-state index is 12.3. The maximum atomic E-state index is 12.3. The highest BCUT2D eigenvalue weighted by Crippen LogP contribution is 2.28. The molecule has 0 radical (unpaired) electrons. The minimum atomic E-state index is -0.0773. The van der Waals surface area contributed by atoms with Crippen LogP contribution in [0.1, 0.15) is 44.0 Å². The number of hydrogen-bond acceptors (Lipinski definition) is 3. The zero-order valence-electron chi connectivity index (χ0n) is 13.5. The minimum Gasteiger partial charge on any atom is -0.301 e. The van der Waals surface area contributed by atoms with Gasteiger partial charge in [-0.2, -0.15) is 0 Å². The van der Waals surface area contributed by atoms with Gasteiger partial charge >= 0.3 is 0 Å². The summed E-state index contributed by atoms with van der Waals surface area (Å²) in [7, 11) is 0. The molecule has 3 nitrogen and oxygen atoms in total. The van der Waals surface area contributed by atoms with Gasteiger partial charge in [-0.05, 0) is 30.5 Å². The molecule has 2 rings (SSSR count). The van der Waals surface area contributed by atoms with Gasteiger partial charge in [-0.15, -0.1) is 0 Å². The molecule has 0 saturated carbocycles. The van der Waals surface area contributed by atoms with Crippen LogP contribution in [0.4, 0.5) is 0 Å². The third kappa shape index (κ3) is 4.52. The molecule has 0 saturated heterocycles. The van der Waals surface area contributed by atoms with E-state index < -0.39 is 0 Å². The fourth-order valence-corrected chi connectivity index (χ4v) is 3.62. The molecule has 0 bridgehead atoms. The second-order valence-corrected chi connectivity index (χ2v) is 7.61. The molecular weight excluding hydrogens is 351 g/mol. The molecule has 1 N–H and O–H groups in total. The topological polar surface area (TPSA) is 45.8 Å². The Kier molecular flexibility index (Phi) is 6.57. The highest BCUT2D eigenvalue weighted by atomic mass is 35.5. The number of nitrogens with one attached hydrogen (secondary N) is 1. The lowest BCUT2D eigenvalue weighted by Gasteiger charge is -2.13. The molecular formula is C17H20Cl2N2OS. The van der Waals surface area contributed by atoms with Gasteiger partial charge in [-0.25, -0.2) is 4.98 Å². The van der Waals surface area contributed by atoms with Gasteiger partial charge in [-0.3, -0.25) is 4.79 Å². The molecule has 0 spiro atoms. The monoisotopic (exact) mass is 370 g/mol. The van der Waals surface area contributed by atoms with E-state index in [1.807, 2.05) is 13.0 Å². The highest BCUT2D eigenvalue weighted by Gasteiger charge is 2.15. The molecule has 0 fully saturated rings. The lowest BCUT2D eigenvalue weighted by atomic mass is 10.0. The van der Waals surface area contributed by atoms with Crippen LogP contribution in [-0.2, 0) is 12.8 Å². The Morgan fingerprint density at radius 2 is 1.87 bits per heavy atom. The SMILES string of the molecule is CCc1c(Cc2c(Cl)cccc2Cl)nc(SC(C)CC)[nH]c1=O. The van der Waals surface area contributed by atoms with Crippen LogP contribution in [0, 0.1) is 0 Å². The van der Waals surface area contributed by atoms with E-state index in [1.165, 1.54) is 0 Å². The molecule has 1 aromatic heterocycles. The second kappa shape index (κ2) is 8.22.